The maximum Gasteiger partial charge on any atom is 0.317 e. The van der Waals surface area contributed by atoms with Crippen molar-refractivity contribution in [1.29, 1.82) is 0 Å². The molecule has 0 unspecified atom stereocenters. The molecular weight excluding hydrogens is 256 g/mol. The topological polar surface area (TPSA) is 69.6 Å². The van der Waals surface area contributed by atoms with Crippen LogP contribution in [0.15, 0.2) is 0 Å². The summed E-state index contributed by atoms with van der Waals surface area (Å²) < 4.78 is 0. The molecule has 0 radical (unpaired) electrons. The van der Waals surface area contributed by atoms with Gasteiger partial charge in [-0.3, -0.25) is 4.79 Å². The average Bonchev–Trinajstić information content (AvgIpc) is 3.24. The molecule has 20 heavy (non-hydrogen) atoms. The van der Waals surface area contributed by atoms with E-state index in [9.17, 15) is 9.59 Å². The predicted octanol–water partition coefficient (Wildman–Crippen LogP) is 2.46. The summed E-state index contributed by atoms with van der Waals surface area (Å²) in [4.78, 5) is 24.5. The molecular formula is C15H26N2O3. The first-order chi connectivity index (χ1) is 9.54. The average molecular weight is 282 g/mol. The predicted molar refractivity (Wildman–Crippen MR) is 76.5 cm³/mol. The van der Waals surface area contributed by atoms with Crippen molar-refractivity contribution < 1.29 is 14.7 Å². The SMILES string of the molecule is CCC1(CNC(=O)N2CCC(CCC(=O)O)CC2)CC1. The number of hydrogen-bond acceptors (Lipinski definition) is 2. The number of nitrogens with zero attached hydrogens (tertiary/aromatic N) is 1. The van der Waals surface area contributed by atoms with Crippen molar-refractivity contribution in [1.82, 2.24) is 10.2 Å². The molecule has 0 atom stereocenters. The summed E-state index contributed by atoms with van der Waals surface area (Å²) in [7, 11) is 0. The Morgan fingerprint density at radius 3 is 2.45 bits per heavy atom. The van der Waals surface area contributed by atoms with Gasteiger partial charge in [0.2, 0.25) is 0 Å². The molecule has 0 aromatic rings. The van der Waals surface area contributed by atoms with Crippen molar-refractivity contribution in [2.24, 2.45) is 11.3 Å². The fourth-order valence-electron chi connectivity index (χ4n) is 2.96. The first-order valence-corrected chi connectivity index (χ1v) is 7.79. The fraction of sp³-hybridized carbons (Fsp3) is 0.867. The second-order valence-corrected chi connectivity index (χ2v) is 6.38. The summed E-state index contributed by atoms with van der Waals surface area (Å²) in [5, 5.41) is 11.7. The van der Waals surface area contributed by atoms with E-state index in [1.807, 2.05) is 4.90 Å². The van der Waals surface area contributed by atoms with Gasteiger partial charge in [-0.05, 0) is 49.9 Å². The molecule has 2 N–H and O–H groups in total. The van der Waals surface area contributed by atoms with E-state index in [0.717, 1.165) is 45.3 Å². The van der Waals surface area contributed by atoms with Crippen molar-refractivity contribution >= 4 is 12.0 Å². The van der Waals surface area contributed by atoms with Crippen LogP contribution in [0.3, 0.4) is 0 Å². The highest BCUT2D eigenvalue weighted by molar-refractivity contribution is 5.74. The van der Waals surface area contributed by atoms with Crippen LogP contribution in [-0.2, 0) is 4.79 Å². The second-order valence-electron chi connectivity index (χ2n) is 6.38. The van der Waals surface area contributed by atoms with Crippen molar-refractivity contribution in [3.63, 3.8) is 0 Å². The lowest BCUT2D eigenvalue weighted by atomic mass is 9.92. The minimum absolute atomic E-state index is 0.0569. The number of carboxylic acid groups (broad SMARTS) is 1. The molecule has 5 heteroatoms. The van der Waals surface area contributed by atoms with Gasteiger partial charge in [-0.25, -0.2) is 4.79 Å². The zero-order valence-electron chi connectivity index (χ0n) is 12.4. The van der Waals surface area contributed by atoms with E-state index in [-0.39, 0.29) is 12.5 Å². The molecule has 2 amide bonds. The summed E-state index contributed by atoms with van der Waals surface area (Å²) >= 11 is 0. The molecule has 0 aromatic heterocycles. The van der Waals surface area contributed by atoms with Gasteiger partial charge < -0.3 is 15.3 Å². The maximum absolute atomic E-state index is 12.1. The number of hydrogen-bond donors (Lipinski definition) is 2. The van der Waals surface area contributed by atoms with Crippen LogP contribution >= 0.6 is 0 Å². The van der Waals surface area contributed by atoms with Crippen LogP contribution in [0.4, 0.5) is 4.79 Å². The third kappa shape index (κ3) is 4.12. The largest absolute Gasteiger partial charge is 0.481 e. The number of carbonyl (C=O) groups excluding carboxylic acids is 1. The molecule has 114 valence electrons. The zero-order chi connectivity index (χ0) is 14.6. The molecule has 0 aromatic carbocycles. The van der Waals surface area contributed by atoms with Gasteiger partial charge in [0, 0.05) is 26.1 Å². The quantitative estimate of drug-likeness (QED) is 0.786. The van der Waals surface area contributed by atoms with Crippen molar-refractivity contribution in [3.8, 4) is 0 Å². The van der Waals surface area contributed by atoms with Gasteiger partial charge in [-0.15, -0.1) is 0 Å². The number of carboxylic acids is 1. The Labute approximate surface area is 120 Å². The third-order valence-corrected chi connectivity index (χ3v) is 4.99. The van der Waals surface area contributed by atoms with Crippen LogP contribution in [0.1, 0.15) is 51.9 Å². The van der Waals surface area contributed by atoms with Crippen LogP contribution in [0.25, 0.3) is 0 Å². The summed E-state index contributed by atoms with van der Waals surface area (Å²) in [5.41, 5.74) is 0.384. The molecule has 1 heterocycles. The van der Waals surface area contributed by atoms with Crippen molar-refractivity contribution in [2.75, 3.05) is 19.6 Å². The highest BCUT2D eigenvalue weighted by Crippen LogP contribution is 2.47. The summed E-state index contributed by atoms with van der Waals surface area (Å²) in [6.45, 7) is 4.51. The van der Waals surface area contributed by atoms with Crippen LogP contribution < -0.4 is 5.32 Å². The van der Waals surface area contributed by atoms with Gasteiger partial charge >= 0.3 is 12.0 Å². The lowest BCUT2D eigenvalue weighted by molar-refractivity contribution is -0.137. The summed E-state index contributed by atoms with van der Waals surface area (Å²) in [6, 6.07) is 0.0569. The summed E-state index contributed by atoms with van der Waals surface area (Å²) in [6.07, 6.45) is 6.46. The number of rotatable bonds is 6. The molecule has 2 aliphatic rings. The third-order valence-electron chi connectivity index (χ3n) is 4.99. The van der Waals surface area contributed by atoms with E-state index < -0.39 is 5.97 Å². The number of nitrogens with one attached hydrogen (secondary N) is 1. The number of aliphatic carboxylic acids is 1. The number of urea groups is 1. The van der Waals surface area contributed by atoms with E-state index in [0.29, 0.717) is 11.3 Å². The molecule has 0 bridgehead atoms. The second kappa shape index (κ2) is 6.46. The minimum atomic E-state index is -0.723. The lowest BCUT2D eigenvalue weighted by Crippen LogP contribution is -2.46. The first kappa shape index (κ1) is 15.1. The molecule has 2 fully saturated rings. The van der Waals surface area contributed by atoms with E-state index in [1.54, 1.807) is 0 Å². The Morgan fingerprint density at radius 2 is 1.95 bits per heavy atom. The number of likely N-dealkylation sites (tertiary alicyclic amines) is 1. The Morgan fingerprint density at radius 1 is 1.30 bits per heavy atom. The van der Waals surface area contributed by atoms with Crippen LogP contribution in [0, 0.1) is 11.3 Å². The highest BCUT2D eigenvalue weighted by Gasteiger charge is 2.41. The Balaban J connectivity index is 1.65. The van der Waals surface area contributed by atoms with Gasteiger partial charge in [0.1, 0.15) is 0 Å². The number of carbonyl (C=O) groups is 2. The van der Waals surface area contributed by atoms with Gasteiger partial charge in [-0.1, -0.05) is 6.92 Å². The standard InChI is InChI=1S/C15H26N2O3/c1-2-15(7-8-15)11-16-14(20)17-9-5-12(6-10-17)3-4-13(18)19/h12H,2-11H2,1H3,(H,16,20)(H,18,19). The highest BCUT2D eigenvalue weighted by atomic mass is 16.4. The molecule has 1 aliphatic carbocycles. The van der Waals surface area contributed by atoms with Crippen LogP contribution in [0.2, 0.25) is 0 Å². The Kier molecular flexibility index (Phi) is 4.89. The van der Waals surface area contributed by atoms with Gasteiger partial charge in [0.25, 0.3) is 0 Å². The van der Waals surface area contributed by atoms with Crippen molar-refractivity contribution in [3.05, 3.63) is 0 Å². The monoisotopic (exact) mass is 282 g/mol. The zero-order valence-corrected chi connectivity index (χ0v) is 12.4. The Bertz CT molecular complexity index is 358. The molecule has 2 rings (SSSR count). The molecule has 0 spiro atoms. The van der Waals surface area contributed by atoms with Gasteiger partial charge in [0.15, 0.2) is 0 Å². The summed E-state index contributed by atoms with van der Waals surface area (Å²) in [5.74, 6) is -0.264. The lowest BCUT2D eigenvalue weighted by Gasteiger charge is -2.32. The Hall–Kier alpha value is -1.26. The van der Waals surface area contributed by atoms with E-state index in [4.69, 9.17) is 5.11 Å². The normalized spacial score (nSPS) is 21.6. The molecule has 5 nitrogen and oxygen atoms in total. The van der Waals surface area contributed by atoms with Gasteiger partial charge in [0.05, 0.1) is 0 Å². The first-order valence-electron chi connectivity index (χ1n) is 7.79. The molecule has 1 saturated carbocycles. The van der Waals surface area contributed by atoms with E-state index in [1.165, 1.54) is 12.8 Å². The van der Waals surface area contributed by atoms with E-state index in [2.05, 4.69) is 12.2 Å². The van der Waals surface area contributed by atoms with Gasteiger partial charge in [-0.2, -0.15) is 0 Å². The maximum atomic E-state index is 12.1. The van der Waals surface area contributed by atoms with Crippen LogP contribution in [0.5, 0.6) is 0 Å². The minimum Gasteiger partial charge on any atom is -0.481 e. The number of amides is 2. The number of piperidine rings is 1. The molecule has 1 aliphatic heterocycles. The van der Waals surface area contributed by atoms with Crippen molar-refractivity contribution in [2.45, 2.75) is 51.9 Å². The van der Waals surface area contributed by atoms with E-state index >= 15 is 0 Å². The molecule has 1 saturated heterocycles. The van der Waals surface area contributed by atoms with Crippen LogP contribution in [-0.4, -0.2) is 41.6 Å². The smallest absolute Gasteiger partial charge is 0.317 e. The fourth-order valence-corrected chi connectivity index (χ4v) is 2.96.